The average molecular weight is 292 g/mol. The van der Waals surface area contributed by atoms with Crippen molar-refractivity contribution in [1.29, 1.82) is 0 Å². The second-order valence-electron chi connectivity index (χ2n) is 4.00. The van der Waals surface area contributed by atoms with E-state index in [1.165, 1.54) is 10.9 Å². The summed E-state index contributed by atoms with van der Waals surface area (Å²) in [4.78, 5) is 0.0501. The number of sulfonamides is 1. The van der Waals surface area contributed by atoms with Crippen LogP contribution in [0.15, 0.2) is 11.1 Å². The molecule has 0 aliphatic heterocycles. The first-order chi connectivity index (χ1) is 8.47. The molecule has 0 aliphatic carbocycles. The molecule has 1 aromatic rings. The summed E-state index contributed by atoms with van der Waals surface area (Å²) in [7, 11) is -1.89. The van der Waals surface area contributed by atoms with Crippen molar-refractivity contribution in [3.8, 4) is 0 Å². The van der Waals surface area contributed by atoms with Gasteiger partial charge in [-0.15, -0.1) is 0 Å². The molecule has 0 saturated carbocycles. The lowest BCUT2D eigenvalue weighted by molar-refractivity contribution is 0.576. The van der Waals surface area contributed by atoms with Crippen molar-refractivity contribution in [3.05, 3.63) is 6.20 Å². The Balaban J connectivity index is 2.43. The quantitative estimate of drug-likeness (QED) is 0.692. The maximum Gasteiger partial charge on any atom is 0.245 e. The predicted molar refractivity (Wildman–Crippen MR) is 75.0 cm³/mol. The van der Waals surface area contributed by atoms with Crippen LogP contribution < -0.4 is 10.5 Å². The molecule has 0 fully saturated rings. The minimum Gasteiger partial charge on any atom is -0.381 e. The summed E-state index contributed by atoms with van der Waals surface area (Å²) in [5.74, 6) is 1.15. The number of nitrogen functional groups attached to an aromatic ring is 1. The lowest BCUT2D eigenvalue weighted by atomic mass is 10.2. The summed E-state index contributed by atoms with van der Waals surface area (Å²) in [5, 5.41) is 3.82. The molecule has 0 bridgehead atoms. The molecule has 0 unspecified atom stereocenters. The molecular formula is C10H20N4O2S2. The molecule has 0 aromatic carbocycles. The minimum absolute atomic E-state index is 0.0346. The molecule has 0 amide bonds. The van der Waals surface area contributed by atoms with Gasteiger partial charge in [-0.1, -0.05) is 6.42 Å². The third kappa shape index (κ3) is 4.51. The van der Waals surface area contributed by atoms with E-state index >= 15 is 0 Å². The van der Waals surface area contributed by atoms with Crippen molar-refractivity contribution >= 4 is 27.6 Å². The van der Waals surface area contributed by atoms with Crippen molar-refractivity contribution in [2.45, 2.75) is 24.2 Å². The number of aromatic nitrogens is 2. The third-order valence-electron chi connectivity index (χ3n) is 2.43. The van der Waals surface area contributed by atoms with Crippen LogP contribution in [0, 0.1) is 0 Å². The van der Waals surface area contributed by atoms with Crippen LogP contribution in [-0.4, -0.2) is 36.8 Å². The first-order valence-electron chi connectivity index (χ1n) is 5.75. The van der Waals surface area contributed by atoms with Crippen LogP contribution in [0.3, 0.4) is 0 Å². The second-order valence-corrected chi connectivity index (χ2v) is 6.72. The van der Waals surface area contributed by atoms with E-state index in [0.717, 1.165) is 25.0 Å². The normalized spacial score (nSPS) is 11.9. The summed E-state index contributed by atoms with van der Waals surface area (Å²) in [6.07, 6.45) is 6.43. The second kappa shape index (κ2) is 7.01. The Bertz CT molecular complexity index is 470. The zero-order chi connectivity index (χ0) is 13.6. The molecule has 1 heterocycles. The SMILES string of the molecule is CSCCCCCNS(=O)(=O)c1cn(C)nc1N. The predicted octanol–water partition coefficient (Wildman–Crippen LogP) is 0.814. The van der Waals surface area contributed by atoms with Crippen LogP contribution in [0.2, 0.25) is 0 Å². The maximum absolute atomic E-state index is 11.9. The van der Waals surface area contributed by atoms with Crippen molar-refractivity contribution in [2.75, 3.05) is 24.3 Å². The van der Waals surface area contributed by atoms with Crippen LogP contribution in [0.25, 0.3) is 0 Å². The fourth-order valence-electron chi connectivity index (χ4n) is 1.52. The third-order valence-corrected chi connectivity index (χ3v) is 4.60. The molecule has 0 aliphatic rings. The molecule has 1 rings (SSSR count). The van der Waals surface area contributed by atoms with E-state index in [9.17, 15) is 8.42 Å². The van der Waals surface area contributed by atoms with E-state index in [4.69, 9.17) is 5.73 Å². The number of rotatable bonds is 8. The van der Waals surface area contributed by atoms with E-state index < -0.39 is 10.0 Å². The number of anilines is 1. The Labute approximate surface area is 112 Å². The molecule has 6 nitrogen and oxygen atoms in total. The molecule has 3 N–H and O–H groups in total. The molecular weight excluding hydrogens is 272 g/mol. The molecule has 0 saturated heterocycles. The number of hydrogen-bond donors (Lipinski definition) is 2. The Morgan fingerprint density at radius 3 is 2.72 bits per heavy atom. The first kappa shape index (κ1) is 15.3. The van der Waals surface area contributed by atoms with Crippen LogP contribution in [0.1, 0.15) is 19.3 Å². The largest absolute Gasteiger partial charge is 0.381 e. The van der Waals surface area contributed by atoms with E-state index in [1.807, 2.05) is 0 Å². The topological polar surface area (TPSA) is 90.0 Å². The summed E-state index contributed by atoms with van der Waals surface area (Å²) >= 11 is 1.80. The lowest BCUT2D eigenvalue weighted by Crippen LogP contribution is -2.25. The highest BCUT2D eigenvalue weighted by molar-refractivity contribution is 7.98. The maximum atomic E-state index is 11.9. The Hall–Kier alpha value is -0.730. The summed E-state index contributed by atoms with van der Waals surface area (Å²) in [6, 6.07) is 0. The summed E-state index contributed by atoms with van der Waals surface area (Å²) < 4.78 is 27.7. The van der Waals surface area contributed by atoms with Gasteiger partial charge >= 0.3 is 0 Å². The van der Waals surface area contributed by atoms with Crippen LogP contribution in [0.4, 0.5) is 5.82 Å². The van der Waals surface area contributed by atoms with Gasteiger partial charge in [-0.05, 0) is 24.9 Å². The number of nitrogens with one attached hydrogen (secondary N) is 1. The fraction of sp³-hybridized carbons (Fsp3) is 0.700. The van der Waals surface area contributed by atoms with Gasteiger partial charge in [-0.2, -0.15) is 16.9 Å². The molecule has 104 valence electrons. The standard InChI is InChI=1S/C10H20N4O2S2/c1-14-8-9(10(11)13-14)18(15,16)12-6-4-3-5-7-17-2/h8,12H,3-7H2,1-2H3,(H2,11,13). The average Bonchev–Trinajstić information content (AvgIpc) is 2.63. The van der Waals surface area contributed by atoms with Crippen molar-refractivity contribution < 1.29 is 8.42 Å². The van der Waals surface area contributed by atoms with Gasteiger partial charge in [0.1, 0.15) is 4.90 Å². The van der Waals surface area contributed by atoms with Crippen molar-refractivity contribution in [1.82, 2.24) is 14.5 Å². The van der Waals surface area contributed by atoms with E-state index in [0.29, 0.717) is 6.54 Å². The van der Waals surface area contributed by atoms with Crippen LogP contribution in [0.5, 0.6) is 0 Å². The summed E-state index contributed by atoms with van der Waals surface area (Å²) in [5.41, 5.74) is 5.54. The smallest absolute Gasteiger partial charge is 0.245 e. The molecule has 0 radical (unpaired) electrons. The van der Waals surface area contributed by atoms with Crippen LogP contribution in [-0.2, 0) is 17.1 Å². The molecule has 8 heteroatoms. The van der Waals surface area contributed by atoms with Crippen molar-refractivity contribution in [3.63, 3.8) is 0 Å². The number of hydrogen-bond acceptors (Lipinski definition) is 5. The van der Waals surface area contributed by atoms with Crippen LogP contribution >= 0.6 is 11.8 Å². The van der Waals surface area contributed by atoms with Gasteiger partial charge in [0.2, 0.25) is 10.0 Å². The Kier molecular flexibility index (Phi) is 5.97. The Morgan fingerprint density at radius 1 is 1.44 bits per heavy atom. The highest BCUT2D eigenvalue weighted by Gasteiger charge is 2.19. The van der Waals surface area contributed by atoms with Gasteiger partial charge in [0.15, 0.2) is 5.82 Å². The Morgan fingerprint density at radius 2 is 2.17 bits per heavy atom. The van der Waals surface area contributed by atoms with E-state index in [1.54, 1.807) is 18.8 Å². The van der Waals surface area contributed by atoms with E-state index in [2.05, 4.69) is 16.1 Å². The van der Waals surface area contributed by atoms with Gasteiger partial charge in [0, 0.05) is 19.8 Å². The van der Waals surface area contributed by atoms with E-state index in [-0.39, 0.29) is 10.7 Å². The van der Waals surface area contributed by atoms with Gasteiger partial charge in [0.25, 0.3) is 0 Å². The van der Waals surface area contributed by atoms with Gasteiger partial charge in [-0.3, -0.25) is 4.68 Å². The number of thioether (sulfide) groups is 1. The van der Waals surface area contributed by atoms with Gasteiger partial charge in [-0.25, -0.2) is 13.1 Å². The zero-order valence-electron chi connectivity index (χ0n) is 10.7. The van der Waals surface area contributed by atoms with Gasteiger partial charge in [0.05, 0.1) is 0 Å². The highest BCUT2D eigenvalue weighted by atomic mass is 32.2. The molecule has 0 spiro atoms. The molecule has 1 aromatic heterocycles. The fourth-order valence-corrected chi connectivity index (χ4v) is 3.19. The number of nitrogens with two attached hydrogens (primary N) is 1. The van der Waals surface area contributed by atoms with Crippen molar-refractivity contribution in [2.24, 2.45) is 7.05 Å². The molecule has 18 heavy (non-hydrogen) atoms. The van der Waals surface area contributed by atoms with Gasteiger partial charge < -0.3 is 5.73 Å². The highest BCUT2D eigenvalue weighted by Crippen LogP contribution is 2.15. The molecule has 0 atom stereocenters. The minimum atomic E-state index is -3.53. The number of unbranched alkanes of at least 4 members (excludes halogenated alkanes) is 2. The zero-order valence-corrected chi connectivity index (χ0v) is 12.4. The first-order valence-corrected chi connectivity index (χ1v) is 8.63. The lowest BCUT2D eigenvalue weighted by Gasteiger charge is -2.05. The monoisotopic (exact) mass is 292 g/mol. The number of aryl methyl sites for hydroxylation is 1. The summed E-state index contributed by atoms with van der Waals surface area (Å²) in [6.45, 7) is 0.436. The number of nitrogens with zero attached hydrogens (tertiary/aromatic N) is 2.